The van der Waals surface area contributed by atoms with Crippen molar-refractivity contribution in [1.29, 1.82) is 0 Å². The molecule has 0 saturated heterocycles. The first-order valence-electron chi connectivity index (χ1n) is 9.42. The highest BCUT2D eigenvalue weighted by atomic mass is 19.4. The average Bonchev–Trinajstić information content (AvgIpc) is 3.14. The van der Waals surface area contributed by atoms with Crippen molar-refractivity contribution in [1.82, 2.24) is 14.7 Å². The maximum absolute atomic E-state index is 13.8. The van der Waals surface area contributed by atoms with Crippen LogP contribution in [0.25, 0.3) is 5.69 Å². The second-order valence-corrected chi connectivity index (χ2v) is 7.36. The van der Waals surface area contributed by atoms with Crippen LogP contribution in [0.2, 0.25) is 0 Å². The van der Waals surface area contributed by atoms with Crippen molar-refractivity contribution in [2.75, 3.05) is 26.0 Å². The van der Waals surface area contributed by atoms with Crippen LogP contribution < -0.4 is 5.32 Å². The van der Waals surface area contributed by atoms with E-state index in [9.17, 15) is 18.0 Å². The lowest BCUT2D eigenvalue weighted by molar-refractivity contribution is -0.143. The summed E-state index contributed by atoms with van der Waals surface area (Å²) in [4.78, 5) is 14.7. The number of hydrogen-bond donors (Lipinski definition) is 1. The van der Waals surface area contributed by atoms with Crippen LogP contribution in [0.1, 0.15) is 27.2 Å². The van der Waals surface area contributed by atoms with E-state index in [2.05, 4.69) is 15.3 Å². The molecule has 5 nitrogen and oxygen atoms in total. The van der Waals surface area contributed by atoms with E-state index in [1.54, 1.807) is 24.3 Å². The molecule has 158 valence electrons. The van der Waals surface area contributed by atoms with Crippen LogP contribution in [0.3, 0.4) is 0 Å². The third kappa shape index (κ3) is 5.07. The van der Waals surface area contributed by atoms with Gasteiger partial charge in [-0.1, -0.05) is 29.8 Å². The molecule has 0 unspecified atom stereocenters. The largest absolute Gasteiger partial charge is 0.434 e. The van der Waals surface area contributed by atoms with E-state index < -0.39 is 23.3 Å². The van der Waals surface area contributed by atoms with Crippen molar-refractivity contribution in [2.24, 2.45) is 0 Å². The molecule has 3 aromatic rings. The zero-order chi connectivity index (χ0) is 21.9. The molecule has 2 aromatic carbocycles. The van der Waals surface area contributed by atoms with Crippen LogP contribution in [0, 0.1) is 6.92 Å². The average molecular weight is 416 g/mol. The number of carbonyl (C=O) groups is 1. The number of anilines is 1. The highest BCUT2D eigenvalue weighted by Crippen LogP contribution is 2.34. The SMILES string of the molecule is Cc1ccc(-n2ncc(C(=O)Nc3ccc(CCN(C)C)cc3)c2C(F)(F)F)cc1. The number of rotatable bonds is 6. The number of likely N-dealkylation sites (N-methyl/N-ethyl adjacent to an activating group) is 1. The minimum absolute atomic E-state index is 0.234. The van der Waals surface area contributed by atoms with Gasteiger partial charge in [-0.3, -0.25) is 4.79 Å². The Bertz CT molecular complexity index is 1010. The number of halogens is 3. The predicted octanol–water partition coefficient (Wildman–Crippen LogP) is 4.56. The Morgan fingerprint density at radius 3 is 2.27 bits per heavy atom. The molecule has 1 N–H and O–H groups in total. The summed E-state index contributed by atoms with van der Waals surface area (Å²) in [6, 6.07) is 13.5. The van der Waals surface area contributed by atoms with Crippen LogP contribution in [0.4, 0.5) is 18.9 Å². The Kier molecular flexibility index (Phi) is 6.26. The van der Waals surface area contributed by atoms with E-state index in [0.717, 1.165) is 35.0 Å². The first-order valence-corrected chi connectivity index (χ1v) is 9.42. The fourth-order valence-electron chi connectivity index (χ4n) is 2.97. The first kappa shape index (κ1) is 21.6. The smallest absolute Gasteiger partial charge is 0.322 e. The fraction of sp³-hybridized carbons (Fsp3) is 0.273. The lowest BCUT2D eigenvalue weighted by Gasteiger charge is -2.13. The number of nitrogens with one attached hydrogen (secondary N) is 1. The Hall–Kier alpha value is -3.13. The van der Waals surface area contributed by atoms with Crippen LogP contribution >= 0.6 is 0 Å². The molecule has 0 bridgehead atoms. The monoisotopic (exact) mass is 416 g/mol. The van der Waals surface area contributed by atoms with Crippen molar-refractivity contribution in [3.05, 3.63) is 77.1 Å². The summed E-state index contributed by atoms with van der Waals surface area (Å²) in [5, 5.41) is 6.37. The van der Waals surface area contributed by atoms with Crippen LogP contribution in [0.5, 0.6) is 0 Å². The van der Waals surface area contributed by atoms with Crippen molar-refractivity contribution in [2.45, 2.75) is 19.5 Å². The molecule has 30 heavy (non-hydrogen) atoms. The second kappa shape index (κ2) is 8.71. The van der Waals surface area contributed by atoms with Crippen LogP contribution in [-0.2, 0) is 12.6 Å². The third-order valence-corrected chi connectivity index (χ3v) is 4.62. The van der Waals surface area contributed by atoms with Gasteiger partial charge in [0, 0.05) is 12.2 Å². The lowest BCUT2D eigenvalue weighted by Crippen LogP contribution is -2.20. The topological polar surface area (TPSA) is 50.2 Å². The third-order valence-electron chi connectivity index (χ3n) is 4.62. The highest BCUT2D eigenvalue weighted by Gasteiger charge is 2.40. The molecule has 3 rings (SSSR count). The molecule has 0 saturated carbocycles. The molecule has 1 aromatic heterocycles. The molecule has 0 radical (unpaired) electrons. The van der Waals surface area contributed by atoms with Gasteiger partial charge in [0.1, 0.15) is 0 Å². The van der Waals surface area contributed by atoms with E-state index in [1.165, 1.54) is 12.1 Å². The summed E-state index contributed by atoms with van der Waals surface area (Å²) < 4.78 is 42.0. The fourth-order valence-corrected chi connectivity index (χ4v) is 2.97. The van der Waals surface area contributed by atoms with Gasteiger partial charge in [0.05, 0.1) is 17.4 Å². The summed E-state index contributed by atoms with van der Waals surface area (Å²) in [6.07, 6.45) is -2.96. The maximum atomic E-state index is 13.8. The number of benzene rings is 2. The summed E-state index contributed by atoms with van der Waals surface area (Å²) >= 11 is 0. The Morgan fingerprint density at radius 1 is 1.07 bits per heavy atom. The van der Waals surface area contributed by atoms with Gasteiger partial charge >= 0.3 is 6.18 Å². The molecule has 0 fully saturated rings. The van der Waals surface area contributed by atoms with Gasteiger partial charge in [-0.15, -0.1) is 0 Å². The minimum Gasteiger partial charge on any atom is -0.322 e. The highest BCUT2D eigenvalue weighted by molar-refractivity contribution is 6.05. The Morgan fingerprint density at radius 2 is 1.70 bits per heavy atom. The zero-order valence-electron chi connectivity index (χ0n) is 17.0. The molecular weight excluding hydrogens is 393 g/mol. The number of hydrogen-bond acceptors (Lipinski definition) is 3. The van der Waals surface area contributed by atoms with Gasteiger partial charge < -0.3 is 10.2 Å². The zero-order valence-corrected chi connectivity index (χ0v) is 17.0. The maximum Gasteiger partial charge on any atom is 0.434 e. The van der Waals surface area contributed by atoms with E-state index in [0.29, 0.717) is 5.69 Å². The number of aryl methyl sites for hydroxylation is 1. The number of carbonyl (C=O) groups excluding carboxylic acids is 1. The quantitative estimate of drug-likeness (QED) is 0.641. The lowest BCUT2D eigenvalue weighted by atomic mass is 10.1. The van der Waals surface area contributed by atoms with Crippen molar-refractivity contribution in [3.8, 4) is 5.69 Å². The first-order chi connectivity index (χ1) is 14.1. The predicted molar refractivity (Wildman–Crippen MR) is 110 cm³/mol. The number of amides is 1. The summed E-state index contributed by atoms with van der Waals surface area (Å²) in [7, 11) is 3.95. The normalized spacial score (nSPS) is 11.7. The molecule has 0 aliphatic carbocycles. The van der Waals surface area contributed by atoms with E-state index >= 15 is 0 Å². The summed E-state index contributed by atoms with van der Waals surface area (Å²) in [6.45, 7) is 2.71. The standard InChI is InChI=1S/C22H23F3N4O/c1-15-4-10-18(11-5-15)29-20(22(23,24)25)19(14-26-29)21(30)27-17-8-6-16(7-9-17)12-13-28(2)3/h4-11,14H,12-13H2,1-3H3,(H,27,30). The van der Waals surface area contributed by atoms with Crippen LogP contribution in [-0.4, -0.2) is 41.2 Å². The summed E-state index contributed by atoms with van der Waals surface area (Å²) in [5.41, 5.74) is 1.00. The summed E-state index contributed by atoms with van der Waals surface area (Å²) in [5.74, 6) is -0.860. The Balaban J connectivity index is 1.84. The molecule has 0 spiro atoms. The van der Waals surface area contributed by atoms with E-state index in [1.807, 2.05) is 33.2 Å². The van der Waals surface area contributed by atoms with Gasteiger partial charge in [-0.05, 0) is 57.3 Å². The Labute approximate surface area is 173 Å². The van der Waals surface area contributed by atoms with Gasteiger partial charge in [0.25, 0.3) is 5.91 Å². The van der Waals surface area contributed by atoms with Crippen molar-refractivity contribution >= 4 is 11.6 Å². The van der Waals surface area contributed by atoms with E-state index in [-0.39, 0.29) is 5.69 Å². The van der Waals surface area contributed by atoms with Crippen LogP contribution in [0.15, 0.2) is 54.7 Å². The van der Waals surface area contributed by atoms with Crippen molar-refractivity contribution in [3.63, 3.8) is 0 Å². The molecule has 1 heterocycles. The number of aromatic nitrogens is 2. The molecule has 0 atom stereocenters. The molecule has 0 aliphatic heterocycles. The minimum atomic E-state index is -4.75. The molecular formula is C22H23F3N4O. The van der Waals surface area contributed by atoms with Gasteiger partial charge in [-0.25, -0.2) is 4.68 Å². The molecule has 8 heteroatoms. The molecule has 1 amide bonds. The van der Waals surface area contributed by atoms with E-state index in [4.69, 9.17) is 0 Å². The van der Waals surface area contributed by atoms with Gasteiger partial charge in [0.2, 0.25) is 0 Å². The van der Waals surface area contributed by atoms with Crippen molar-refractivity contribution < 1.29 is 18.0 Å². The number of alkyl halides is 3. The second-order valence-electron chi connectivity index (χ2n) is 7.36. The molecule has 0 aliphatic rings. The van der Waals surface area contributed by atoms with Gasteiger partial charge in [-0.2, -0.15) is 18.3 Å². The number of nitrogens with zero attached hydrogens (tertiary/aromatic N) is 3. The van der Waals surface area contributed by atoms with Gasteiger partial charge in [0.15, 0.2) is 5.69 Å².